The maximum absolute atomic E-state index is 3.30. The zero-order chi connectivity index (χ0) is 5.82. The lowest BCUT2D eigenvalue weighted by Gasteiger charge is -2.21. The van der Waals surface area contributed by atoms with Crippen LogP contribution < -0.4 is 10.6 Å². The number of nitrogens with one attached hydrogen (secondary N) is 2. The van der Waals surface area contributed by atoms with Gasteiger partial charge in [0, 0.05) is 18.8 Å². The van der Waals surface area contributed by atoms with Gasteiger partial charge in [0.05, 0.1) is 5.37 Å². The maximum atomic E-state index is 3.30. The summed E-state index contributed by atoms with van der Waals surface area (Å²) in [4.78, 5) is 0. The topological polar surface area (TPSA) is 24.1 Å². The smallest absolute Gasteiger partial charge is 0.0656 e. The zero-order valence-electron chi connectivity index (χ0n) is 5.11. The van der Waals surface area contributed by atoms with Crippen LogP contribution in [0.15, 0.2) is 0 Å². The van der Waals surface area contributed by atoms with Gasteiger partial charge in [-0.2, -0.15) is 0 Å². The molecule has 1 atom stereocenters. The lowest BCUT2D eigenvalue weighted by molar-refractivity contribution is 0.622. The molecule has 1 saturated heterocycles. The molecule has 1 rings (SSSR count). The standard InChI is InChI=1S/C5H12N2S/c1-6-5-4-7-2-3-8-5/h5-7H,2-4H2,1H3. The Morgan fingerprint density at radius 2 is 2.62 bits per heavy atom. The van der Waals surface area contributed by atoms with E-state index in [1.165, 1.54) is 12.3 Å². The Morgan fingerprint density at radius 3 is 3.00 bits per heavy atom. The molecule has 3 heteroatoms. The Bertz CT molecular complexity index is 61.4. The minimum atomic E-state index is 0.642. The summed E-state index contributed by atoms with van der Waals surface area (Å²) in [7, 11) is 2.00. The van der Waals surface area contributed by atoms with Crippen LogP contribution in [0.1, 0.15) is 0 Å². The molecule has 0 aromatic carbocycles. The van der Waals surface area contributed by atoms with Crippen molar-refractivity contribution in [2.75, 3.05) is 25.9 Å². The first-order valence-electron chi connectivity index (χ1n) is 2.93. The fraction of sp³-hybridized carbons (Fsp3) is 1.00. The third-order valence-corrected chi connectivity index (χ3v) is 2.49. The van der Waals surface area contributed by atoms with E-state index >= 15 is 0 Å². The molecule has 0 aliphatic carbocycles. The summed E-state index contributed by atoms with van der Waals surface area (Å²) in [6.07, 6.45) is 0. The number of hydrogen-bond acceptors (Lipinski definition) is 3. The minimum Gasteiger partial charge on any atom is -0.314 e. The van der Waals surface area contributed by atoms with Gasteiger partial charge in [-0.1, -0.05) is 0 Å². The molecule has 1 aliphatic heterocycles. The fourth-order valence-electron chi connectivity index (χ4n) is 0.751. The molecule has 48 valence electrons. The van der Waals surface area contributed by atoms with E-state index in [9.17, 15) is 0 Å². The van der Waals surface area contributed by atoms with Crippen LogP contribution in [0, 0.1) is 0 Å². The van der Waals surface area contributed by atoms with E-state index < -0.39 is 0 Å². The molecule has 0 saturated carbocycles. The van der Waals surface area contributed by atoms with E-state index in [2.05, 4.69) is 10.6 Å². The summed E-state index contributed by atoms with van der Waals surface area (Å²) in [5, 5.41) is 7.15. The molecule has 0 amide bonds. The molecule has 0 spiro atoms. The lowest BCUT2D eigenvalue weighted by Crippen LogP contribution is -2.39. The predicted octanol–water partition coefficient (Wildman–Crippen LogP) is -0.132. The van der Waals surface area contributed by atoms with Gasteiger partial charge in [0.25, 0.3) is 0 Å². The SMILES string of the molecule is CNC1CNCCS1. The highest BCUT2D eigenvalue weighted by Gasteiger charge is 2.08. The van der Waals surface area contributed by atoms with Crippen LogP contribution >= 0.6 is 11.8 Å². The Balaban J connectivity index is 2.13. The number of likely N-dealkylation sites (N-methyl/N-ethyl adjacent to an activating group) is 1. The van der Waals surface area contributed by atoms with Crippen molar-refractivity contribution in [1.82, 2.24) is 10.6 Å². The molecule has 2 N–H and O–H groups in total. The highest BCUT2D eigenvalue weighted by atomic mass is 32.2. The monoisotopic (exact) mass is 132 g/mol. The maximum Gasteiger partial charge on any atom is 0.0656 e. The minimum absolute atomic E-state index is 0.642. The highest BCUT2D eigenvalue weighted by Crippen LogP contribution is 2.08. The molecule has 1 aliphatic rings. The van der Waals surface area contributed by atoms with Gasteiger partial charge >= 0.3 is 0 Å². The van der Waals surface area contributed by atoms with Crippen LogP contribution in [-0.2, 0) is 0 Å². The van der Waals surface area contributed by atoms with Crippen LogP contribution in [0.3, 0.4) is 0 Å². The van der Waals surface area contributed by atoms with E-state index in [-0.39, 0.29) is 0 Å². The van der Waals surface area contributed by atoms with Crippen molar-refractivity contribution in [2.45, 2.75) is 5.37 Å². The Kier molecular flexibility index (Phi) is 2.66. The van der Waals surface area contributed by atoms with Gasteiger partial charge < -0.3 is 10.6 Å². The van der Waals surface area contributed by atoms with Gasteiger partial charge in [0.1, 0.15) is 0 Å². The molecular weight excluding hydrogens is 120 g/mol. The average Bonchev–Trinajstić information content (AvgIpc) is 1.90. The molecule has 0 aromatic rings. The number of hydrogen-bond donors (Lipinski definition) is 2. The van der Waals surface area contributed by atoms with Crippen molar-refractivity contribution in [3.63, 3.8) is 0 Å². The normalized spacial score (nSPS) is 30.4. The third kappa shape index (κ3) is 1.65. The second kappa shape index (κ2) is 3.33. The average molecular weight is 132 g/mol. The van der Waals surface area contributed by atoms with E-state index in [1.807, 2.05) is 18.8 Å². The van der Waals surface area contributed by atoms with Gasteiger partial charge in [-0.3, -0.25) is 0 Å². The molecule has 1 heterocycles. The van der Waals surface area contributed by atoms with Crippen LogP contribution in [0.25, 0.3) is 0 Å². The molecule has 8 heavy (non-hydrogen) atoms. The summed E-state index contributed by atoms with van der Waals surface area (Å²) >= 11 is 1.99. The molecule has 0 radical (unpaired) electrons. The Morgan fingerprint density at radius 1 is 1.75 bits per heavy atom. The predicted molar refractivity (Wildman–Crippen MR) is 38.2 cm³/mol. The van der Waals surface area contributed by atoms with Crippen molar-refractivity contribution in [2.24, 2.45) is 0 Å². The van der Waals surface area contributed by atoms with Crippen molar-refractivity contribution in [1.29, 1.82) is 0 Å². The molecule has 0 bridgehead atoms. The number of thioether (sulfide) groups is 1. The zero-order valence-corrected chi connectivity index (χ0v) is 5.92. The van der Waals surface area contributed by atoms with E-state index in [0.717, 1.165) is 6.54 Å². The van der Waals surface area contributed by atoms with Gasteiger partial charge in [0.15, 0.2) is 0 Å². The van der Waals surface area contributed by atoms with E-state index in [4.69, 9.17) is 0 Å². The summed E-state index contributed by atoms with van der Waals surface area (Å²) in [5.41, 5.74) is 0. The van der Waals surface area contributed by atoms with Crippen molar-refractivity contribution in [3.8, 4) is 0 Å². The van der Waals surface area contributed by atoms with E-state index in [0.29, 0.717) is 5.37 Å². The summed E-state index contributed by atoms with van der Waals surface area (Å²) in [6.45, 7) is 2.28. The first-order valence-corrected chi connectivity index (χ1v) is 3.98. The lowest BCUT2D eigenvalue weighted by atomic mass is 10.6. The molecule has 1 unspecified atom stereocenters. The largest absolute Gasteiger partial charge is 0.314 e. The summed E-state index contributed by atoms with van der Waals surface area (Å²) in [6, 6.07) is 0. The summed E-state index contributed by atoms with van der Waals surface area (Å²) < 4.78 is 0. The van der Waals surface area contributed by atoms with Gasteiger partial charge in [-0.15, -0.1) is 11.8 Å². The van der Waals surface area contributed by atoms with Gasteiger partial charge in [0.2, 0.25) is 0 Å². The van der Waals surface area contributed by atoms with Crippen LogP contribution in [0.4, 0.5) is 0 Å². The Hall–Kier alpha value is 0.270. The second-order valence-corrected chi connectivity index (χ2v) is 3.16. The third-order valence-electron chi connectivity index (χ3n) is 1.25. The van der Waals surface area contributed by atoms with Crippen LogP contribution in [-0.4, -0.2) is 31.3 Å². The highest BCUT2D eigenvalue weighted by molar-refractivity contribution is 7.99. The number of rotatable bonds is 1. The molecule has 2 nitrogen and oxygen atoms in total. The van der Waals surface area contributed by atoms with Gasteiger partial charge in [-0.05, 0) is 7.05 Å². The van der Waals surface area contributed by atoms with E-state index in [1.54, 1.807) is 0 Å². The van der Waals surface area contributed by atoms with Crippen LogP contribution in [0.2, 0.25) is 0 Å². The first kappa shape index (κ1) is 6.39. The second-order valence-electron chi connectivity index (χ2n) is 1.85. The van der Waals surface area contributed by atoms with Crippen molar-refractivity contribution >= 4 is 11.8 Å². The van der Waals surface area contributed by atoms with Crippen molar-refractivity contribution < 1.29 is 0 Å². The summed E-state index contributed by atoms with van der Waals surface area (Å²) in [5.74, 6) is 1.24. The van der Waals surface area contributed by atoms with Crippen molar-refractivity contribution in [3.05, 3.63) is 0 Å². The molecule has 0 aromatic heterocycles. The fourth-order valence-corrected chi connectivity index (χ4v) is 1.70. The van der Waals surface area contributed by atoms with Crippen LogP contribution in [0.5, 0.6) is 0 Å². The Labute approximate surface area is 54.4 Å². The molecular formula is C5H12N2S. The quantitative estimate of drug-likeness (QED) is 0.519. The first-order chi connectivity index (χ1) is 3.93. The molecule has 1 fully saturated rings. The van der Waals surface area contributed by atoms with Gasteiger partial charge in [-0.25, -0.2) is 0 Å².